The molecule has 19 heavy (non-hydrogen) atoms. The number of nitrogens with one attached hydrogen (secondary N) is 2. The molecule has 2 heterocycles. The monoisotopic (exact) mass is 305 g/mol. The van der Waals surface area contributed by atoms with Gasteiger partial charge in [-0.05, 0) is 25.1 Å². The van der Waals surface area contributed by atoms with Gasteiger partial charge in [-0.3, -0.25) is 0 Å². The van der Waals surface area contributed by atoms with Gasteiger partial charge in [0.05, 0.1) is 0 Å². The Hall–Kier alpha value is -1.03. The predicted molar refractivity (Wildman–Crippen MR) is 68.9 cm³/mol. The summed E-state index contributed by atoms with van der Waals surface area (Å²) in [5.41, 5.74) is 0. The molecule has 1 aliphatic rings. The Bertz CT molecular complexity index is 647. The predicted octanol–water partition coefficient (Wildman–Crippen LogP) is -0.875. The molecule has 0 radical (unpaired) electrons. The molecule has 2 rings (SSSR count). The lowest BCUT2D eigenvalue weighted by atomic mass is 10.3. The Morgan fingerprint density at radius 3 is 2.53 bits per heavy atom. The third kappa shape index (κ3) is 3.50. The van der Waals surface area contributed by atoms with Gasteiger partial charge >= 0.3 is 0 Å². The first-order valence-corrected chi connectivity index (χ1v) is 9.06. The minimum atomic E-state index is -3.65. The van der Waals surface area contributed by atoms with E-state index in [1.54, 1.807) is 0 Å². The molecule has 0 spiro atoms. The molecule has 106 valence electrons. The van der Waals surface area contributed by atoms with E-state index in [1.165, 1.54) is 12.1 Å². The molecule has 1 saturated heterocycles. The van der Waals surface area contributed by atoms with E-state index >= 15 is 0 Å². The third-order valence-corrected chi connectivity index (χ3v) is 5.29. The van der Waals surface area contributed by atoms with E-state index in [0.29, 0.717) is 6.54 Å². The van der Waals surface area contributed by atoms with Crippen molar-refractivity contribution in [2.45, 2.75) is 22.4 Å². The first kappa shape index (κ1) is 14.4. The number of rotatable bonds is 4. The van der Waals surface area contributed by atoms with Crippen LogP contribution < -0.4 is 10.0 Å². The highest BCUT2D eigenvalue weighted by atomic mass is 32.2. The first-order chi connectivity index (χ1) is 8.79. The van der Waals surface area contributed by atoms with Crippen molar-refractivity contribution in [1.29, 1.82) is 0 Å². The van der Waals surface area contributed by atoms with Crippen molar-refractivity contribution < 1.29 is 16.8 Å². The Labute approximate surface area is 112 Å². The van der Waals surface area contributed by atoms with Crippen molar-refractivity contribution in [1.82, 2.24) is 15.0 Å². The number of hydrogen-bond donors (Lipinski definition) is 2. The Balaban J connectivity index is 2.21. The normalized spacial score (nSPS) is 20.6. The molecule has 7 nitrogen and oxygen atoms in total. The fourth-order valence-electron chi connectivity index (χ4n) is 1.79. The maximum Gasteiger partial charge on any atom is 0.242 e. The van der Waals surface area contributed by atoms with Gasteiger partial charge in [0.25, 0.3) is 0 Å². The number of aromatic nitrogens is 1. The second kappa shape index (κ2) is 5.16. The molecule has 1 aliphatic heterocycles. The van der Waals surface area contributed by atoms with Crippen molar-refractivity contribution in [2.24, 2.45) is 0 Å². The zero-order chi connectivity index (χ0) is 14.1. The van der Waals surface area contributed by atoms with Crippen LogP contribution in [-0.4, -0.2) is 47.2 Å². The van der Waals surface area contributed by atoms with Crippen LogP contribution in [0.25, 0.3) is 0 Å². The maximum atomic E-state index is 12.0. The topological polar surface area (TPSA) is 105 Å². The molecule has 9 heteroatoms. The quantitative estimate of drug-likeness (QED) is 0.749. The van der Waals surface area contributed by atoms with E-state index in [4.69, 9.17) is 0 Å². The molecule has 1 unspecified atom stereocenters. The van der Waals surface area contributed by atoms with Crippen molar-refractivity contribution in [3.05, 3.63) is 18.3 Å². The lowest BCUT2D eigenvalue weighted by Gasteiger charge is -2.11. The Kier molecular flexibility index (Phi) is 3.90. The molecular weight excluding hydrogens is 290 g/mol. The molecule has 1 aromatic rings. The van der Waals surface area contributed by atoms with E-state index < -0.39 is 19.9 Å². The zero-order valence-corrected chi connectivity index (χ0v) is 12.0. The number of sulfonamides is 1. The van der Waals surface area contributed by atoms with Gasteiger partial charge in [-0.25, -0.2) is 26.5 Å². The van der Waals surface area contributed by atoms with Gasteiger partial charge in [-0.15, -0.1) is 0 Å². The molecule has 0 amide bonds. The van der Waals surface area contributed by atoms with E-state index in [0.717, 1.165) is 25.4 Å². The standard InChI is InChI=1S/C10H15N3O4S2/c1-18(14,15)10-3-2-9(7-12-10)19(16,17)13-8-4-5-11-6-8/h2-3,7-8,11,13H,4-6H2,1H3. The molecular formula is C10H15N3O4S2. The maximum absolute atomic E-state index is 12.0. The molecule has 2 N–H and O–H groups in total. The number of hydrogen-bond acceptors (Lipinski definition) is 6. The van der Waals surface area contributed by atoms with Gasteiger partial charge in [0.2, 0.25) is 10.0 Å². The fraction of sp³-hybridized carbons (Fsp3) is 0.500. The van der Waals surface area contributed by atoms with Crippen molar-refractivity contribution in [3.8, 4) is 0 Å². The second-order valence-corrected chi connectivity index (χ2v) is 8.09. The van der Waals surface area contributed by atoms with E-state index in [-0.39, 0.29) is 16.0 Å². The average Bonchev–Trinajstić information content (AvgIpc) is 2.80. The van der Waals surface area contributed by atoms with Gasteiger partial charge in [0.15, 0.2) is 14.9 Å². The number of pyridine rings is 1. The summed E-state index contributed by atoms with van der Waals surface area (Å²) in [6.07, 6.45) is 2.81. The summed E-state index contributed by atoms with van der Waals surface area (Å²) in [5, 5.41) is 2.91. The summed E-state index contributed by atoms with van der Waals surface area (Å²) >= 11 is 0. The summed E-state index contributed by atoms with van der Waals surface area (Å²) in [6.45, 7) is 1.37. The van der Waals surface area contributed by atoms with E-state index in [2.05, 4.69) is 15.0 Å². The number of nitrogens with zero attached hydrogens (tertiary/aromatic N) is 1. The summed E-state index contributed by atoms with van der Waals surface area (Å²) in [6, 6.07) is 2.30. The summed E-state index contributed by atoms with van der Waals surface area (Å²) < 4.78 is 49.1. The zero-order valence-electron chi connectivity index (χ0n) is 10.3. The molecule has 0 aromatic carbocycles. The van der Waals surface area contributed by atoms with Crippen molar-refractivity contribution >= 4 is 19.9 Å². The average molecular weight is 305 g/mol. The molecule has 0 saturated carbocycles. The van der Waals surface area contributed by atoms with Crippen LogP contribution in [-0.2, 0) is 19.9 Å². The van der Waals surface area contributed by atoms with Crippen LogP contribution in [0.4, 0.5) is 0 Å². The fourth-order valence-corrected chi connectivity index (χ4v) is 3.56. The van der Waals surface area contributed by atoms with Gasteiger partial charge in [0.1, 0.15) is 4.90 Å². The first-order valence-electron chi connectivity index (χ1n) is 5.68. The smallest absolute Gasteiger partial charge is 0.242 e. The highest BCUT2D eigenvalue weighted by Gasteiger charge is 2.23. The van der Waals surface area contributed by atoms with Gasteiger partial charge in [-0.1, -0.05) is 0 Å². The van der Waals surface area contributed by atoms with E-state index in [9.17, 15) is 16.8 Å². The Morgan fingerprint density at radius 2 is 2.05 bits per heavy atom. The highest BCUT2D eigenvalue weighted by molar-refractivity contribution is 7.90. The summed E-state index contributed by atoms with van der Waals surface area (Å²) in [4.78, 5) is 3.63. The molecule has 0 aliphatic carbocycles. The van der Waals surface area contributed by atoms with Gasteiger partial charge in [-0.2, -0.15) is 0 Å². The van der Waals surface area contributed by atoms with Gasteiger partial charge in [0, 0.05) is 25.0 Å². The van der Waals surface area contributed by atoms with Crippen molar-refractivity contribution in [2.75, 3.05) is 19.3 Å². The molecule has 1 atom stereocenters. The third-order valence-electron chi connectivity index (χ3n) is 2.78. The molecule has 0 bridgehead atoms. The molecule has 1 fully saturated rings. The van der Waals surface area contributed by atoms with Crippen LogP contribution in [0.5, 0.6) is 0 Å². The van der Waals surface area contributed by atoms with Crippen LogP contribution >= 0.6 is 0 Å². The molecule has 1 aromatic heterocycles. The minimum absolute atomic E-state index is 0.0354. The summed E-state index contributed by atoms with van der Waals surface area (Å²) in [5.74, 6) is 0. The van der Waals surface area contributed by atoms with Crippen LogP contribution in [0.3, 0.4) is 0 Å². The van der Waals surface area contributed by atoms with Crippen LogP contribution in [0.15, 0.2) is 28.3 Å². The summed E-state index contributed by atoms with van der Waals surface area (Å²) in [7, 11) is -7.08. The highest BCUT2D eigenvalue weighted by Crippen LogP contribution is 2.12. The largest absolute Gasteiger partial charge is 0.315 e. The minimum Gasteiger partial charge on any atom is -0.315 e. The number of sulfone groups is 1. The SMILES string of the molecule is CS(=O)(=O)c1ccc(S(=O)(=O)NC2CCNC2)cn1. The lowest BCUT2D eigenvalue weighted by molar-refractivity contribution is 0.559. The van der Waals surface area contributed by atoms with Gasteiger partial charge < -0.3 is 5.32 Å². The van der Waals surface area contributed by atoms with Crippen LogP contribution in [0.1, 0.15) is 6.42 Å². The van der Waals surface area contributed by atoms with Crippen LogP contribution in [0.2, 0.25) is 0 Å². The van der Waals surface area contributed by atoms with Crippen LogP contribution in [0, 0.1) is 0 Å². The van der Waals surface area contributed by atoms with Crippen molar-refractivity contribution in [3.63, 3.8) is 0 Å². The van der Waals surface area contributed by atoms with E-state index in [1.807, 2.05) is 0 Å². The lowest BCUT2D eigenvalue weighted by Crippen LogP contribution is -2.36. The second-order valence-electron chi connectivity index (χ2n) is 4.42. The Morgan fingerprint density at radius 1 is 1.32 bits per heavy atom.